The van der Waals surface area contributed by atoms with Crippen molar-refractivity contribution in [3.8, 4) is 5.75 Å². The van der Waals surface area contributed by atoms with Crippen molar-refractivity contribution in [2.75, 3.05) is 18.1 Å². The first kappa shape index (κ1) is 17.8. The Kier molecular flexibility index (Phi) is 5.23. The fraction of sp³-hybridized carbons (Fsp3) is 0.0952. The summed E-state index contributed by atoms with van der Waals surface area (Å²) in [6.07, 6.45) is 0. The van der Waals surface area contributed by atoms with Crippen LogP contribution in [0.3, 0.4) is 0 Å². The first-order chi connectivity index (χ1) is 13.2. The number of amides is 2. The summed E-state index contributed by atoms with van der Waals surface area (Å²) < 4.78 is 5.64. The van der Waals surface area contributed by atoms with Crippen molar-refractivity contribution in [1.82, 2.24) is 5.32 Å². The first-order valence-electron chi connectivity index (χ1n) is 8.55. The topological polar surface area (TPSA) is 41.6 Å². The average Bonchev–Trinajstić information content (AvgIpc) is 2.70. The van der Waals surface area contributed by atoms with Gasteiger partial charge in [-0.15, -0.1) is 0 Å². The maximum Gasteiger partial charge on any atom is 0.326 e. The van der Waals surface area contributed by atoms with Crippen molar-refractivity contribution in [2.24, 2.45) is 0 Å². The highest BCUT2D eigenvalue weighted by molar-refractivity contribution is 7.99. The lowest BCUT2D eigenvalue weighted by Crippen LogP contribution is -2.40. The van der Waals surface area contributed by atoms with E-state index in [4.69, 9.17) is 16.3 Å². The molecule has 1 aliphatic rings. The van der Waals surface area contributed by atoms with E-state index in [1.165, 1.54) is 0 Å². The zero-order valence-corrected chi connectivity index (χ0v) is 16.0. The summed E-state index contributed by atoms with van der Waals surface area (Å²) in [6, 6.07) is 22.9. The third kappa shape index (κ3) is 3.75. The van der Waals surface area contributed by atoms with Crippen molar-refractivity contribution in [3.05, 3.63) is 77.8 Å². The second-order valence-electron chi connectivity index (χ2n) is 5.88. The molecule has 4 rings (SSSR count). The van der Waals surface area contributed by atoms with Crippen LogP contribution >= 0.6 is 23.4 Å². The van der Waals surface area contributed by atoms with Gasteiger partial charge in [0.25, 0.3) is 0 Å². The highest BCUT2D eigenvalue weighted by Crippen LogP contribution is 2.47. The summed E-state index contributed by atoms with van der Waals surface area (Å²) in [5.74, 6) is 0.610. The highest BCUT2D eigenvalue weighted by Gasteiger charge is 2.27. The number of hydrogen-bond donors (Lipinski definition) is 1. The van der Waals surface area contributed by atoms with Crippen molar-refractivity contribution in [2.45, 2.75) is 9.79 Å². The summed E-state index contributed by atoms with van der Waals surface area (Å²) in [5.41, 5.74) is 1.76. The van der Waals surface area contributed by atoms with Crippen molar-refractivity contribution < 1.29 is 9.53 Å². The Labute approximate surface area is 167 Å². The number of halogens is 1. The summed E-state index contributed by atoms with van der Waals surface area (Å²) >= 11 is 7.75. The average molecular weight is 397 g/mol. The fourth-order valence-corrected chi connectivity index (χ4v) is 4.13. The number of benzene rings is 3. The standard InChI is InChI=1S/C21H17ClN2O2S/c22-15-7-1-4-10-18(15)26-14-13-23-21(25)24-16-8-2-5-11-19(16)27-20-12-6-3-9-17(20)24/h1-12H,13-14H2,(H,23,25). The number of carbonyl (C=O) groups is 1. The van der Waals surface area contributed by atoms with E-state index in [0.29, 0.717) is 23.9 Å². The van der Waals surface area contributed by atoms with E-state index in [2.05, 4.69) is 5.32 Å². The number of para-hydroxylation sites is 3. The molecule has 136 valence electrons. The highest BCUT2D eigenvalue weighted by atomic mass is 35.5. The Morgan fingerprint density at radius 3 is 2.19 bits per heavy atom. The molecule has 0 radical (unpaired) electrons. The molecule has 0 aromatic heterocycles. The number of nitrogens with one attached hydrogen (secondary N) is 1. The van der Waals surface area contributed by atoms with E-state index in [0.717, 1.165) is 21.2 Å². The molecule has 27 heavy (non-hydrogen) atoms. The number of carbonyl (C=O) groups excluding carboxylic acids is 1. The molecule has 0 aliphatic carbocycles. The number of ether oxygens (including phenoxy) is 1. The van der Waals surface area contributed by atoms with Gasteiger partial charge in [0.05, 0.1) is 22.9 Å². The molecule has 4 nitrogen and oxygen atoms in total. The molecule has 3 aromatic carbocycles. The van der Waals surface area contributed by atoms with Gasteiger partial charge in [0.2, 0.25) is 0 Å². The lowest BCUT2D eigenvalue weighted by molar-refractivity contribution is 0.243. The van der Waals surface area contributed by atoms with E-state index < -0.39 is 0 Å². The minimum atomic E-state index is -0.182. The van der Waals surface area contributed by atoms with Crippen LogP contribution in [-0.4, -0.2) is 19.2 Å². The number of urea groups is 1. The lowest BCUT2D eigenvalue weighted by Gasteiger charge is -2.31. The molecule has 6 heteroatoms. The number of anilines is 2. The monoisotopic (exact) mass is 396 g/mol. The molecule has 3 aromatic rings. The molecule has 0 saturated carbocycles. The molecule has 1 aliphatic heterocycles. The van der Waals surface area contributed by atoms with E-state index in [9.17, 15) is 4.79 Å². The number of hydrogen-bond acceptors (Lipinski definition) is 3. The Hall–Kier alpha value is -2.63. The van der Waals surface area contributed by atoms with E-state index in [1.54, 1.807) is 28.8 Å². The Bertz CT molecular complexity index is 934. The van der Waals surface area contributed by atoms with Gasteiger partial charge < -0.3 is 10.1 Å². The predicted molar refractivity (Wildman–Crippen MR) is 109 cm³/mol. The molecule has 0 atom stereocenters. The summed E-state index contributed by atoms with van der Waals surface area (Å²) in [5, 5.41) is 3.49. The maximum atomic E-state index is 12.9. The van der Waals surface area contributed by atoms with Crippen molar-refractivity contribution >= 4 is 40.8 Å². The number of rotatable bonds is 4. The molecule has 0 saturated heterocycles. The van der Waals surface area contributed by atoms with Gasteiger partial charge in [-0.25, -0.2) is 4.79 Å². The number of nitrogens with zero attached hydrogens (tertiary/aromatic N) is 1. The molecule has 0 spiro atoms. The fourth-order valence-electron chi connectivity index (χ4n) is 2.88. The van der Waals surface area contributed by atoms with Gasteiger partial charge in [-0.05, 0) is 36.4 Å². The van der Waals surface area contributed by atoms with E-state index in [1.807, 2.05) is 60.7 Å². The Morgan fingerprint density at radius 1 is 0.926 bits per heavy atom. The molecule has 2 amide bonds. The van der Waals surface area contributed by atoms with Crippen LogP contribution in [-0.2, 0) is 0 Å². The van der Waals surface area contributed by atoms with Crippen LogP contribution in [0.5, 0.6) is 5.75 Å². The summed E-state index contributed by atoms with van der Waals surface area (Å²) in [4.78, 5) is 16.8. The van der Waals surface area contributed by atoms with Gasteiger partial charge in [-0.1, -0.05) is 59.8 Å². The first-order valence-corrected chi connectivity index (χ1v) is 9.75. The maximum absolute atomic E-state index is 12.9. The van der Waals surface area contributed by atoms with Crippen LogP contribution < -0.4 is 15.0 Å². The van der Waals surface area contributed by atoms with Gasteiger partial charge in [-0.3, -0.25) is 4.90 Å². The minimum absolute atomic E-state index is 0.182. The zero-order valence-electron chi connectivity index (χ0n) is 14.4. The third-order valence-corrected chi connectivity index (χ3v) is 5.55. The van der Waals surface area contributed by atoms with E-state index in [-0.39, 0.29) is 6.03 Å². The smallest absolute Gasteiger partial charge is 0.326 e. The molecule has 0 bridgehead atoms. The third-order valence-electron chi connectivity index (χ3n) is 4.11. The summed E-state index contributed by atoms with van der Waals surface area (Å²) in [6.45, 7) is 0.708. The van der Waals surface area contributed by atoms with Gasteiger partial charge >= 0.3 is 6.03 Å². The molecule has 0 fully saturated rings. The summed E-state index contributed by atoms with van der Waals surface area (Å²) in [7, 11) is 0. The molecular formula is C21H17ClN2O2S. The largest absolute Gasteiger partial charge is 0.490 e. The normalized spacial score (nSPS) is 12.1. The van der Waals surface area contributed by atoms with Crippen molar-refractivity contribution in [3.63, 3.8) is 0 Å². The SMILES string of the molecule is O=C(NCCOc1ccccc1Cl)N1c2ccccc2Sc2ccccc21. The minimum Gasteiger partial charge on any atom is -0.490 e. The predicted octanol–water partition coefficient (Wildman–Crippen LogP) is 5.73. The van der Waals surface area contributed by atoms with Crippen LogP contribution in [0.25, 0.3) is 0 Å². The molecular weight excluding hydrogens is 380 g/mol. The number of fused-ring (bicyclic) bond motifs is 2. The van der Waals surface area contributed by atoms with Crippen LogP contribution in [0.15, 0.2) is 82.6 Å². The van der Waals surface area contributed by atoms with Crippen molar-refractivity contribution in [1.29, 1.82) is 0 Å². The second-order valence-corrected chi connectivity index (χ2v) is 7.37. The van der Waals surface area contributed by atoms with Crippen LogP contribution in [0.4, 0.5) is 16.2 Å². The second kappa shape index (κ2) is 7.94. The zero-order chi connectivity index (χ0) is 18.6. The Morgan fingerprint density at radius 2 is 1.52 bits per heavy atom. The molecule has 0 unspecified atom stereocenters. The van der Waals surface area contributed by atoms with Gasteiger partial charge in [0.1, 0.15) is 12.4 Å². The van der Waals surface area contributed by atoms with Crippen LogP contribution in [0.1, 0.15) is 0 Å². The molecule has 1 N–H and O–H groups in total. The van der Waals surface area contributed by atoms with Crippen LogP contribution in [0.2, 0.25) is 5.02 Å². The Balaban J connectivity index is 1.46. The van der Waals surface area contributed by atoms with Gasteiger partial charge in [-0.2, -0.15) is 0 Å². The molecule has 1 heterocycles. The van der Waals surface area contributed by atoms with Crippen LogP contribution in [0, 0.1) is 0 Å². The van der Waals surface area contributed by atoms with E-state index >= 15 is 0 Å². The quantitative estimate of drug-likeness (QED) is 0.572. The van der Waals surface area contributed by atoms with Gasteiger partial charge in [0, 0.05) is 9.79 Å². The van der Waals surface area contributed by atoms with Gasteiger partial charge in [0.15, 0.2) is 0 Å². The lowest BCUT2D eigenvalue weighted by atomic mass is 10.2.